The van der Waals surface area contributed by atoms with E-state index in [2.05, 4.69) is 17.1 Å². The van der Waals surface area contributed by atoms with Gasteiger partial charge in [-0.3, -0.25) is 4.79 Å². The SMILES string of the molecule is CCCC1CCCCN1C(=O)C1CC2CCC1N2. The molecular weight excluding hydrogens is 224 g/mol. The molecule has 3 fully saturated rings. The Kier molecular flexibility index (Phi) is 3.60. The summed E-state index contributed by atoms with van der Waals surface area (Å²) in [5, 5.41) is 3.60. The van der Waals surface area contributed by atoms with E-state index in [1.54, 1.807) is 0 Å². The van der Waals surface area contributed by atoms with E-state index in [1.807, 2.05) is 0 Å². The third kappa shape index (κ3) is 2.18. The van der Waals surface area contributed by atoms with Crippen LogP contribution < -0.4 is 5.32 Å². The Balaban J connectivity index is 1.66. The van der Waals surface area contributed by atoms with Crippen molar-refractivity contribution in [3.63, 3.8) is 0 Å². The summed E-state index contributed by atoms with van der Waals surface area (Å²) in [5.41, 5.74) is 0. The summed E-state index contributed by atoms with van der Waals surface area (Å²) in [6.07, 6.45) is 9.74. The van der Waals surface area contributed by atoms with Crippen LogP contribution in [0.2, 0.25) is 0 Å². The van der Waals surface area contributed by atoms with E-state index in [4.69, 9.17) is 0 Å². The minimum Gasteiger partial charge on any atom is -0.339 e. The lowest BCUT2D eigenvalue weighted by Gasteiger charge is -2.38. The maximum absolute atomic E-state index is 12.8. The van der Waals surface area contributed by atoms with Gasteiger partial charge in [0.15, 0.2) is 0 Å². The number of carbonyl (C=O) groups is 1. The summed E-state index contributed by atoms with van der Waals surface area (Å²) in [6.45, 7) is 3.24. The Labute approximate surface area is 110 Å². The smallest absolute Gasteiger partial charge is 0.227 e. The predicted molar refractivity (Wildman–Crippen MR) is 72.3 cm³/mol. The number of nitrogens with zero attached hydrogens (tertiary/aromatic N) is 1. The van der Waals surface area contributed by atoms with Gasteiger partial charge in [0.1, 0.15) is 0 Å². The highest BCUT2D eigenvalue weighted by atomic mass is 16.2. The van der Waals surface area contributed by atoms with Crippen LogP contribution in [0.4, 0.5) is 0 Å². The zero-order valence-corrected chi connectivity index (χ0v) is 11.5. The van der Waals surface area contributed by atoms with Gasteiger partial charge < -0.3 is 10.2 Å². The van der Waals surface area contributed by atoms with E-state index in [-0.39, 0.29) is 0 Å². The van der Waals surface area contributed by atoms with Crippen molar-refractivity contribution in [1.29, 1.82) is 0 Å². The van der Waals surface area contributed by atoms with Gasteiger partial charge >= 0.3 is 0 Å². The summed E-state index contributed by atoms with van der Waals surface area (Å²) in [7, 11) is 0. The van der Waals surface area contributed by atoms with E-state index in [9.17, 15) is 4.79 Å². The highest BCUT2D eigenvalue weighted by molar-refractivity contribution is 5.80. The molecule has 3 aliphatic heterocycles. The maximum atomic E-state index is 12.8. The monoisotopic (exact) mass is 250 g/mol. The molecule has 1 amide bonds. The van der Waals surface area contributed by atoms with Gasteiger partial charge in [-0.05, 0) is 44.9 Å². The van der Waals surface area contributed by atoms with Gasteiger partial charge in [0, 0.05) is 24.7 Å². The Morgan fingerprint density at radius 1 is 1.28 bits per heavy atom. The fourth-order valence-electron chi connectivity index (χ4n) is 4.23. The Hall–Kier alpha value is -0.570. The van der Waals surface area contributed by atoms with Gasteiger partial charge in [0.2, 0.25) is 5.91 Å². The molecule has 0 spiro atoms. The molecule has 3 rings (SSSR count). The van der Waals surface area contributed by atoms with Crippen molar-refractivity contribution in [2.24, 2.45) is 5.92 Å². The third-order valence-corrected chi connectivity index (χ3v) is 5.15. The maximum Gasteiger partial charge on any atom is 0.227 e. The molecular formula is C15H26N2O. The minimum absolute atomic E-state index is 0.293. The third-order valence-electron chi connectivity index (χ3n) is 5.15. The normalized spacial score (nSPS) is 39.3. The highest BCUT2D eigenvalue weighted by Crippen LogP contribution is 2.35. The number of hydrogen-bond acceptors (Lipinski definition) is 2. The molecule has 4 unspecified atom stereocenters. The van der Waals surface area contributed by atoms with Crippen LogP contribution in [0, 0.1) is 5.92 Å². The number of rotatable bonds is 3. The molecule has 3 heteroatoms. The Morgan fingerprint density at radius 3 is 2.83 bits per heavy atom. The topological polar surface area (TPSA) is 32.3 Å². The molecule has 0 radical (unpaired) electrons. The fraction of sp³-hybridized carbons (Fsp3) is 0.933. The first kappa shape index (κ1) is 12.5. The molecule has 4 atom stereocenters. The van der Waals surface area contributed by atoms with Crippen LogP contribution in [0.25, 0.3) is 0 Å². The Morgan fingerprint density at radius 2 is 2.17 bits per heavy atom. The van der Waals surface area contributed by atoms with Crippen molar-refractivity contribution in [1.82, 2.24) is 10.2 Å². The van der Waals surface area contributed by atoms with Crippen molar-refractivity contribution >= 4 is 5.91 Å². The number of fused-ring (bicyclic) bond motifs is 2. The van der Waals surface area contributed by atoms with Gasteiger partial charge in [0.25, 0.3) is 0 Å². The average Bonchev–Trinajstić information content (AvgIpc) is 3.01. The first-order chi connectivity index (χ1) is 8.79. The summed E-state index contributed by atoms with van der Waals surface area (Å²) in [4.78, 5) is 15.0. The lowest BCUT2D eigenvalue weighted by atomic mass is 9.86. The molecule has 0 aromatic carbocycles. The van der Waals surface area contributed by atoms with Gasteiger partial charge in [-0.25, -0.2) is 0 Å². The number of nitrogens with one attached hydrogen (secondary N) is 1. The summed E-state index contributed by atoms with van der Waals surface area (Å²) in [5.74, 6) is 0.758. The van der Waals surface area contributed by atoms with Crippen LogP contribution in [0.15, 0.2) is 0 Å². The van der Waals surface area contributed by atoms with E-state index >= 15 is 0 Å². The standard InChI is InChI=1S/C15H26N2O/c1-2-5-12-6-3-4-9-17(12)15(18)13-10-11-7-8-14(13)16-11/h11-14,16H,2-10H2,1H3. The molecule has 3 nitrogen and oxygen atoms in total. The zero-order valence-electron chi connectivity index (χ0n) is 11.5. The van der Waals surface area contributed by atoms with E-state index in [0.717, 1.165) is 13.0 Å². The molecule has 1 N–H and O–H groups in total. The number of carbonyl (C=O) groups excluding carboxylic acids is 1. The largest absolute Gasteiger partial charge is 0.339 e. The van der Waals surface area contributed by atoms with Crippen LogP contribution in [0.3, 0.4) is 0 Å². The average molecular weight is 250 g/mol. The van der Waals surface area contributed by atoms with Crippen LogP contribution in [-0.4, -0.2) is 35.5 Å². The number of hydrogen-bond donors (Lipinski definition) is 1. The molecule has 2 bridgehead atoms. The summed E-state index contributed by atoms with van der Waals surface area (Å²) in [6, 6.07) is 1.67. The van der Waals surface area contributed by atoms with E-state index < -0.39 is 0 Å². The molecule has 18 heavy (non-hydrogen) atoms. The number of likely N-dealkylation sites (tertiary alicyclic amines) is 1. The molecule has 3 aliphatic rings. The number of amides is 1. The fourth-order valence-corrected chi connectivity index (χ4v) is 4.23. The van der Waals surface area contributed by atoms with Gasteiger partial charge in [-0.2, -0.15) is 0 Å². The predicted octanol–water partition coefficient (Wildman–Crippen LogP) is 2.31. The molecule has 3 heterocycles. The second kappa shape index (κ2) is 5.20. The summed E-state index contributed by atoms with van der Waals surface area (Å²) < 4.78 is 0. The second-order valence-electron chi connectivity index (χ2n) is 6.36. The number of piperidine rings is 1. The van der Waals surface area contributed by atoms with E-state index in [0.29, 0.717) is 30.0 Å². The van der Waals surface area contributed by atoms with Crippen molar-refractivity contribution in [2.75, 3.05) is 6.54 Å². The van der Waals surface area contributed by atoms with Crippen molar-refractivity contribution < 1.29 is 4.79 Å². The highest BCUT2D eigenvalue weighted by Gasteiger charge is 2.45. The molecule has 0 aromatic heterocycles. The first-order valence-electron chi connectivity index (χ1n) is 7.86. The second-order valence-corrected chi connectivity index (χ2v) is 6.36. The van der Waals surface area contributed by atoms with Crippen LogP contribution in [0.5, 0.6) is 0 Å². The van der Waals surface area contributed by atoms with Crippen molar-refractivity contribution in [3.05, 3.63) is 0 Å². The van der Waals surface area contributed by atoms with Crippen LogP contribution in [-0.2, 0) is 4.79 Å². The molecule has 0 aromatic rings. The molecule has 102 valence electrons. The van der Waals surface area contributed by atoms with Crippen LogP contribution in [0.1, 0.15) is 58.3 Å². The lowest BCUT2D eigenvalue weighted by Crippen LogP contribution is -2.48. The minimum atomic E-state index is 0.293. The lowest BCUT2D eigenvalue weighted by molar-refractivity contribution is -0.140. The first-order valence-corrected chi connectivity index (χ1v) is 7.86. The van der Waals surface area contributed by atoms with Gasteiger partial charge in [0.05, 0.1) is 5.92 Å². The van der Waals surface area contributed by atoms with Crippen molar-refractivity contribution in [3.8, 4) is 0 Å². The van der Waals surface area contributed by atoms with Gasteiger partial charge in [-0.15, -0.1) is 0 Å². The Bertz CT molecular complexity index is 316. The zero-order chi connectivity index (χ0) is 12.5. The van der Waals surface area contributed by atoms with Crippen molar-refractivity contribution in [2.45, 2.75) is 76.4 Å². The van der Waals surface area contributed by atoms with E-state index in [1.165, 1.54) is 44.9 Å². The van der Waals surface area contributed by atoms with Gasteiger partial charge in [-0.1, -0.05) is 13.3 Å². The van der Waals surface area contributed by atoms with Crippen LogP contribution >= 0.6 is 0 Å². The molecule has 0 aliphatic carbocycles. The summed E-state index contributed by atoms with van der Waals surface area (Å²) >= 11 is 0. The molecule has 0 saturated carbocycles. The quantitative estimate of drug-likeness (QED) is 0.833. The molecule has 3 saturated heterocycles.